The van der Waals surface area contributed by atoms with Crippen LogP contribution < -0.4 is 4.74 Å². The monoisotopic (exact) mass is 599 g/mol. The van der Waals surface area contributed by atoms with Gasteiger partial charge in [0.2, 0.25) is 0 Å². The van der Waals surface area contributed by atoms with Crippen LogP contribution >= 0.6 is 0 Å². The van der Waals surface area contributed by atoms with Crippen molar-refractivity contribution < 1.29 is 9.47 Å². The maximum Gasteiger partial charge on any atom is 0.119 e. The van der Waals surface area contributed by atoms with E-state index in [0.717, 1.165) is 49.5 Å². The number of aryl methyl sites for hydroxylation is 2. The third kappa shape index (κ3) is 3.68. The van der Waals surface area contributed by atoms with Gasteiger partial charge in [0.15, 0.2) is 0 Å². The van der Waals surface area contributed by atoms with E-state index < -0.39 is 0 Å². The summed E-state index contributed by atoms with van der Waals surface area (Å²) in [4.78, 5) is 0. The SMILES string of the molecule is COc1cccc(CCn2nnc3c2C(C)(C)[C@@H]2CC[C@]4(C)[C@H](CC[C@@H]5[C@H]6[C@H]7OC[C@@]6(CCC7(C)C)CC[C@]54C)[C@@]2(C)C3)c1. The second kappa shape index (κ2) is 9.35. The summed E-state index contributed by atoms with van der Waals surface area (Å²) in [5.74, 6) is 3.86. The van der Waals surface area contributed by atoms with Gasteiger partial charge >= 0.3 is 0 Å². The molecule has 0 amide bonds. The van der Waals surface area contributed by atoms with Crippen molar-refractivity contribution in [1.82, 2.24) is 15.0 Å². The van der Waals surface area contributed by atoms with Gasteiger partial charge in [0.05, 0.1) is 31.2 Å². The van der Waals surface area contributed by atoms with Crippen molar-refractivity contribution in [3.63, 3.8) is 0 Å². The van der Waals surface area contributed by atoms with Gasteiger partial charge in [-0.15, -0.1) is 5.10 Å². The maximum atomic E-state index is 6.80. The van der Waals surface area contributed by atoms with Gasteiger partial charge in [0.1, 0.15) is 5.75 Å². The summed E-state index contributed by atoms with van der Waals surface area (Å²) in [6.45, 7) is 20.2. The Balaban J connectivity index is 1.11. The summed E-state index contributed by atoms with van der Waals surface area (Å²) < 4.78 is 14.6. The molecule has 5 nitrogen and oxygen atoms in total. The number of aromatic nitrogens is 3. The normalized spacial score (nSPS) is 44.5. The van der Waals surface area contributed by atoms with Crippen molar-refractivity contribution in [3.05, 3.63) is 41.2 Å². The Morgan fingerprint density at radius 1 is 0.909 bits per heavy atom. The van der Waals surface area contributed by atoms with Crippen LogP contribution in [0.25, 0.3) is 0 Å². The van der Waals surface area contributed by atoms with E-state index in [-0.39, 0.29) is 10.8 Å². The first kappa shape index (κ1) is 29.5. The van der Waals surface area contributed by atoms with Crippen LogP contribution in [0.5, 0.6) is 5.75 Å². The highest BCUT2D eigenvalue weighted by molar-refractivity contribution is 5.33. The molecular weight excluding hydrogens is 542 g/mol. The molecule has 0 unspecified atom stereocenters. The first-order valence-corrected chi connectivity index (χ1v) is 18.0. The van der Waals surface area contributed by atoms with Gasteiger partial charge < -0.3 is 9.47 Å². The number of nitrogens with zero attached hydrogens (tertiary/aromatic N) is 3. The lowest BCUT2D eigenvalue weighted by molar-refractivity contribution is -0.233. The van der Waals surface area contributed by atoms with Gasteiger partial charge in [-0.25, -0.2) is 4.68 Å². The number of hydrogen-bond acceptors (Lipinski definition) is 4. The van der Waals surface area contributed by atoms with Crippen LogP contribution in [-0.2, 0) is 29.5 Å². The molecule has 1 aliphatic heterocycles. The van der Waals surface area contributed by atoms with Gasteiger partial charge in [0, 0.05) is 12.0 Å². The van der Waals surface area contributed by atoms with Crippen LogP contribution in [0.3, 0.4) is 0 Å². The first-order valence-electron chi connectivity index (χ1n) is 18.0. The first-order chi connectivity index (χ1) is 20.8. The molecule has 5 fully saturated rings. The van der Waals surface area contributed by atoms with Crippen LogP contribution in [-0.4, -0.2) is 34.8 Å². The Labute approximate surface area is 266 Å². The zero-order valence-electron chi connectivity index (χ0n) is 28.8. The second-order valence-electron chi connectivity index (χ2n) is 18.4. The number of benzene rings is 1. The lowest BCUT2D eigenvalue weighted by Gasteiger charge is -2.72. The third-order valence-corrected chi connectivity index (χ3v) is 16.0. The van der Waals surface area contributed by atoms with E-state index >= 15 is 0 Å². The minimum atomic E-state index is 0.0518. The van der Waals surface area contributed by atoms with Crippen LogP contribution in [0, 0.1) is 50.7 Å². The summed E-state index contributed by atoms with van der Waals surface area (Å²) >= 11 is 0. The molecule has 1 saturated heterocycles. The Morgan fingerprint density at radius 2 is 1.70 bits per heavy atom. The zero-order valence-corrected chi connectivity index (χ0v) is 28.8. The molecule has 2 aromatic rings. The van der Waals surface area contributed by atoms with E-state index in [0.29, 0.717) is 33.7 Å². The number of methoxy groups -OCH3 is 1. The Kier molecular flexibility index (Phi) is 6.27. The quantitative estimate of drug-likeness (QED) is 0.354. The van der Waals surface area contributed by atoms with Crippen molar-refractivity contribution in [1.29, 1.82) is 0 Å². The number of ether oxygens (including phenoxy) is 2. The predicted molar refractivity (Wildman–Crippen MR) is 175 cm³/mol. The molecule has 0 radical (unpaired) electrons. The minimum absolute atomic E-state index is 0.0518. The molecule has 0 spiro atoms. The van der Waals surface area contributed by atoms with Gasteiger partial charge in [0.25, 0.3) is 0 Å². The molecule has 1 aromatic carbocycles. The molecule has 240 valence electrons. The lowest BCUT2D eigenvalue weighted by atomic mass is 9.31. The molecule has 1 aromatic heterocycles. The molecule has 4 saturated carbocycles. The Hall–Kier alpha value is -1.88. The van der Waals surface area contributed by atoms with E-state index in [2.05, 4.69) is 71.3 Å². The van der Waals surface area contributed by atoms with Crippen LogP contribution in [0.2, 0.25) is 0 Å². The van der Waals surface area contributed by atoms with E-state index in [4.69, 9.17) is 19.8 Å². The van der Waals surface area contributed by atoms with Crippen LogP contribution in [0.1, 0.15) is 117 Å². The van der Waals surface area contributed by atoms with Gasteiger partial charge in [-0.1, -0.05) is 65.8 Å². The molecule has 6 aliphatic rings. The van der Waals surface area contributed by atoms with Crippen LogP contribution in [0.15, 0.2) is 24.3 Å². The summed E-state index contributed by atoms with van der Waals surface area (Å²) in [7, 11) is 1.74. The van der Waals surface area contributed by atoms with E-state index in [1.54, 1.807) is 7.11 Å². The summed E-state index contributed by atoms with van der Waals surface area (Å²) in [6, 6.07) is 8.47. The number of fused-ring (bicyclic) bond motifs is 6. The molecule has 0 N–H and O–H groups in total. The molecule has 2 bridgehead atoms. The van der Waals surface area contributed by atoms with Gasteiger partial charge in [-0.2, -0.15) is 0 Å². The minimum Gasteiger partial charge on any atom is -0.497 e. The molecular formula is C39H57N3O2. The Bertz CT molecular complexity index is 1460. The van der Waals surface area contributed by atoms with Crippen molar-refractivity contribution in [2.75, 3.05) is 13.7 Å². The standard InChI is InChI=1S/C39H57N3O2/c1-34(2)17-19-39-20-18-37(6)27(31(39)33(34)44-24-39)12-13-30-36(5)23-28-32(35(3,4)29(36)14-16-38(30,37)7)42(41-40-28)21-15-25-10-9-11-26(22-25)43-8/h9-11,22,27,29-31,33H,12-21,23-24H2,1-8H3/t27-,29+,30-,31+,33-,36+,37-,38-,39-/m1/s1. The fourth-order valence-electron chi connectivity index (χ4n) is 13.7. The van der Waals surface area contributed by atoms with Crippen molar-refractivity contribution in [3.8, 4) is 5.75 Å². The highest BCUT2D eigenvalue weighted by Crippen LogP contribution is 2.77. The predicted octanol–water partition coefficient (Wildman–Crippen LogP) is 8.43. The largest absolute Gasteiger partial charge is 0.497 e. The van der Waals surface area contributed by atoms with E-state index in [1.807, 2.05) is 6.07 Å². The van der Waals surface area contributed by atoms with Gasteiger partial charge in [-0.05, 0) is 133 Å². The number of hydrogen-bond donors (Lipinski definition) is 0. The lowest BCUT2D eigenvalue weighted by Crippen LogP contribution is -2.67. The molecule has 5 heteroatoms. The fourth-order valence-corrected chi connectivity index (χ4v) is 13.7. The average Bonchev–Trinajstić information content (AvgIpc) is 3.54. The van der Waals surface area contributed by atoms with Crippen molar-refractivity contribution in [2.24, 2.45) is 50.7 Å². The summed E-state index contributed by atoms with van der Waals surface area (Å²) in [5, 5.41) is 9.81. The molecule has 8 rings (SSSR count). The summed E-state index contributed by atoms with van der Waals surface area (Å²) in [5.41, 5.74) is 5.79. The number of rotatable bonds is 4. The average molecular weight is 600 g/mol. The molecule has 5 aliphatic carbocycles. The topological polar surface area (TPSA) is 49.2 Å². The second-order valence-corrected chi connectivity index (χ2v) is 18.4. The Morgan fingerprint density at radius 3 is 2.50 bits per heavy atom. The third-order valence-electron chi connectivity index (χ3n) is 16.0. The van der Waals surface area contributed by atoms with Crippen molar-refractivity contribution >= 4 is 0 Å². The molecule has 2 heterocycles. The highest BCUT2D eigenvalue weighted by atomic mass is 16.5. The van der Waals surface area contributed by atoms with Gasteiger partial charge in [-0.3, -0.25) is 0 Å². The smallest absolute Gasteiger partial charge is 0.119 e. The molecule has 9 atom stereocenters. The van der Waals surface area contributed by atoms with Crippen LogP contribution in [0.4, 0.5) is 0 Å². The molecule has 44 heavy (non-hydrogen) atoms. The maximum absolute atomic E-state index is 6.80. The van der Waals surface area contributed by atoms with E-state index in [1.165, 1.54) is 68.3 Å². The fraction of sp³-hybridized carbons (Fsp3) is 0.795. The van der Waals surface area contributed by atoms with E-state index in [9.17, 15) is 0 Å². The summed E-state index contributed by atoms with van der Waals surface area (Å²) in [6.07, 6.45) is 13.4. The van der Waals surface area contributed by atoms with Crippen molar-refractivity contribution in [2.45, 2.75) is 131 Å². The zero-order chi connectivity index (χ0) is 30.9. The highest BCUT2D eigenvalue weighted by Gasteiger charge is 2.73.